The van der Waals surface area contributed by atoms with Gasteiger partial charge in [-0.15, -0.1) is 0 Å². The minimum Gasteiger partial charge on any atom is -0.492 e. The SMILES string of the molecule is CNCCC1CCN(C(=O)C2COc3ccccc32)CC1. The van der Waals surface area contributed by atoms with Gasteiger partial charge in [-0.2, -0.15) is 0 Å². The van der Waals surface area contributed by atoms with E-state index < -0.39 is 0 Å². The quantitative estimate of drug-likeness (QED) is 0.921. The monoisotopic (exact) mass is 288 g/mol. The van der Waals surface area contributed by atoms with E-state index in [-0.39, 0.29) is 11.8 Å². The summed E-state index contributed by atoms with van der Waals surface area (Å²) in [5.74, 6) is 1.77. The molecule has 1 atom stereocenters. The maximum absolute atomic E-state index is 12.7. The Kier molecular flexibility index (Phi) is 4.44. The molecule has 0 saturated carbocycles. The first-order valence-corrected chi connectivity index (χ1v) is 7.94. The third kappa shape index (κ3) is 3.05. The van der Waals surface area contributed by atoms with E-state index in [1.165, 1.54) is 6.42 Å². The summed E-state index contributed by atoms with van der Waals surface area (Å²) in [6, 6.07) is 7.91. The number of para-hydroxylation sites is 1. The first kappa shape index (κ1) is 14.4. The highest BCUT2D eigenvalue weighted by Crippen LogP contribution is 2.35. The third-order valence-electron chi connectivity index (χ3n) is 4.73. The zero-order valence-corrected chi connectivity index (χ0v) is 12.7. The van der Waals surface area contributed by atoms with E-state index in [9.17, 15) is 4.79 Å². The summed E-state index contributed by atoms with van der Waals surface area (Å²) in [4.78, 5) is 14.8. The van der Waals surface area contributed by atoms with Crippen LogP contribution in [0.4, 0.5) is 0 Å². The van der Waals surface area contributed by atoms with Crippen LogP contribution in [-0.4, -0.2) is 44.1 Å². The first-order valence-electron chi connectivity index (χ1n) is 7.94. The maximum atomic E-state index is 12.7. The van der Waals surface area contributed by atoms with Crippen LogP contribution in [0.25, 0.3) is 0 Å². The zero-order valence-electron chi connectivity index (χ0n) is 12.7. The number of carbonyl (C=O) groups excluding carboxylic acids is 1. The highest BCUT2D eigenvalue weighted by Gasteiger charge is 2.34. The van der Waals surface area contributed by atoms with E-state index >= 15 is 0 Å². The molecule has 0 spiro atoms. The fraction of sp³-hybridized carbons (Fsp3) is 0.588. The van der Waals surface area contributed by atoms with Crippen molar-refractivity contribution in [2.75, 3.05) is 33.3 Å². The number of carbonyl (C=O) groups is 1. The van der Waals surface area contributed by atoms with Gasteiger partial charge in [0.25, 0.3) is 0 Å². The van der Waals surface area contributed by atoms with Crippen LogP contribution in [0.2, 0.25) is 0 Å². The van der Waals surface area contributed by atoms with Gasteiger partial charge in [-0.25, -0.2) is 0 Å². The van der Waals surface area contributed by atoms with E-state index in [1.54, 1.807) is 0 Å². The van der Waals surface area contributed by atoms with Crippen molar-refractivity contribution in [1.29, 1.82) is 0 Å². The molecule has 0 radical (unpaired) electrons. The van der Waals surface area contributed by atoms with E-state index in [0.29, 0.717) is 6.61 Å². The van der Waals surface area contributed by atoms with Crippen molar-refractivity contribution in [2.45, 2.75) is 25.2 Å². The van der Waals surface area contributed by atoms with E-state index in [0.717, 1.165) is 49.7 Å². The molecule has 2 heterocycles. The van der Waals surface area contributed by atoms with Crippen LogP contribution in [0.15, 0.2) is 24.3 Å². The molecule has 2 aliphatic heterocycles. The lowest BCUT2D eigenvalue weighted by atomic mass is 9.92. The minimum absolute atomic E-state index is 0.102. The standard InChI is InChI=1S/C17H24N2O2/c1-18-9-6-13-7-10-19(11-8-13)17(20)15-12-21-16-5-3-2-4-14(15)16/h2-5,13,15,18H,6-12H2,1H3. The number of fused-ring (bicyclic) bond motifs is 1. The number of ether oxygens (including phenoxy) is 1. The molecule has 1 saturated heterocycles. The van der Waals surface area contributed by atoms with Crippen LogP contribution in [0, 0.1) is 5.92 Å². The van der Waals surface area contributed by atoms with Gasteiger partial charge in [0.1, 0.15) is 18.3 Å². The number of amides is 1. The van der Waals surface area contributed by atoms with E-state index in [2.05, 4.69) is 5.32 Å². The van der Waals surface area contributed by atoms with Crippen molar-refractivity contribution in [1.82, 2.24) is 10.2 Å². The van der Waals surface area contributed by atoms with Crippen molar-refractivity contribution < 1.29 is 9.53 Å². The van der Waals surface area contributed by atoms with Gasteiger partial charge >= 0.3 is 0 Å². The Hall–Kier alpha value is -1.55. The minimum atomic E-state index is -0.102. The lowest BCUT2D eigenvalue weighted by molar-refractivity contribution is -0.134. The Morgan fingerprint density at radius 2 is 2.10 bits per heavy atom. The summed E-state index contributed by atoms with van der Waals surface area (Å²) >= 11 is 0. The summed E-state index contributed by atoms with van der Waals surface area (Å²) in [5, 5.41) is 3.21. The Balaban J connectivity index is 1.58. The molecule has 1 aromatic rings. The number of hydrogen-bond donors (Lipinski definition) is 1. The molecule has 0 bridgehead atoms. The largest absolute Gasteiger partial charge is 0.492 e. The topological polar surface area (TPSA) is 41.6 Å². The van der Waals surface area contributed by atoms with Crippen molar-refractivity contribution >= 4 is 5.91 Å². The maximum Gasteiger partial charge on any atom is 0.233 e. The van der Waals surface area contributed by atoms with Crippen LogP contribution < -0.4 is 10.1 Å². The number of hydrogen-bond acceptors (Lipinski definition) is 3. The molecule has 21 heavy (non-hydrogen) atoms. The number of piperidine rings is 1. The fourth-order valence-corrected chi connectivity index (χ4v) is 3.38. The smallest absolute Gasteiger partial charge is 0.233 e. The molecule has 1 N–H and O–H groups in total. The number of nitrogens with zero attached hydrogens (tertiary/aromatic N) is 1. The van der Waals surface area contributed by atoms with Crippen LogP contribution in [0.5, 0.6) is 5.75 Å². The molecule has 1 unspecified atom stereocenters. The highest BCUT2D eigenvalue weighted by atomic mass is 16.5. The fourth-order valence-electron chi connectivity index (χ4n) is 3.38. The molecule has 0 aliphatic carbocycles. The van der Waals surface area contributed by atoms with Crippen molar-refractivity contribution in [2.24, 2.45) is 5.92 Å². The van der Waals surface area contributed by atoms with Crippen LogP contribution >= 0.6 is 0 Å². The molecule has 4 nitrogen and oxygen atoms in total. The normalized spacial score (nSPS) is 22.0. The second-order valence-electron chi connectivity index (χ2n) is 6.06. The Labute approximate surface area is 126 Å². The molecule has 3 rings (SSSR count). The summed E-state index contributed by atoms with van der Waals surface area (Å²) < 4.78 is 5.64. The number of nitrogens with one attached hydrogen (secondary N) is 1. The molecule has 2 aliphatic rings. The van der Waals surface area contributed by atoms with E-state index in [4.69, 9.17) is 4.74 Å². The molecule has 4 heteroatoms. The van der Waals surface area contributed by atoms with Crippen molar-refractivity contribution in [3.8, 4) is 5.75 Å². The van der Waals surface area contributed by atoms with Crippen LogP contribution in [-0.2, 0) is 4.79 Å². The molecule has 1 amide bonds. The molecule has 1 aromatic carbocycles. The molecular weight excluding hydrogens is 264 g/mol. The summed E-state index contributed by atoms with van der Waals surface area (Å²) in [7, 11) is 2.00. The average molecular weight is 288 g/mol. The summed E-state index contributed by atoms with van der Waals surface area (Å²) in [5.41, 5.74) is 1.06. The van der Waals surface area contributed by atoms with Crippen molar-refractivity contribution in [3.63, 3.8) is 0 Å². The lowest BCUT2D eigenvalue weighted by Crippen LogP contribution is -2.41. The van der Waals surface area contributed by atoms with Crippen LogP contribution in [0.3, 0.4) is 0 Å². The number of benzene rings is 1. The van der Waals surface area contributed by atoms with Gasteiger partial charge in [0.15, 0.2) is 0 Å². The molecule has 0 aromatic heterocycles. The van der Waals surface area contributed by atoms with E-state index in [1.807, 2.05) is 36.2 Å². The first-order chi connectivity index (χ1) is 10.3. The van der Waals surface area contributed by atoms with Gasteiger partial charge in [-0.1, -0.05) is 18.2 Å². The second kappa shape index (κ2) is 6.48. The lowest BCUT2D eigenvalue weighted by Gasteiger charge is -2.33. The zero-order chi connectivity index (χ0) is 14.7. The van der Waals surface area contributed by atoms with Gasteiger partial charge in [0, 0.05) is 18.7 Å². The number of rotatable bonds is 4. The Bertz CT molecular complexity index is 495. The highest BCUT2D eigenvalue weighted by molar-refractivity contribution is 5.85. The molecular formula is C17H24N2O2. The molecule has 1 fully saturated rings. The Morgan fingerprint density at radius 3 is 2.86 bits per heavy atom. The second-order valence-corrected chi connectivity index (χ2v) is 6.06. The number of likely N-dealkylation sites (tertiary alicyclic amines) is 1. The summed E-state index contributed by atoms with van der Waals surface area (Å²) in [6.07, 6.45) is 3.47. The Morgan fingerprint density at radius 1 is 1.33 bits per heavy atom. The predicted molar refractivity (Wildman–Crippen MR) is 82.5 cm³/mol. The summed E-state index contributed by atoms with van der Waals surface area (Å²) in [6.45, 7) is 3.36. The van der Waals surface area contributed by atoms with Gasteiger partial charge in [-0.3, -0.25) is 4.79 Å². The van der Waals surface area contributed by atoms with Gasteiger partial charge in [0.05, 0.1) is 0 Å². The predicted octanol–water partition coefficient (Wildman–Crippen LogP) is 2.01. The van der Waals surface area contributed by atoms with Crippen LogP contribution in [0.1, 0.15) is 30.7 Å². The molecule has 114 valence electrons. The van der Waals surface area contributed by atoms with Gasteiger partial charge in [-0.05, 0) is 44.8 Å². The van der Waals surface area contributed by atoms with Crippen molar-refractivity contribution in [3.05, 3.63) is 29.8 Å². The van der Waals surface area contributed by atoms with Gasteiger partial charge < -0.3 is 15.0 Å². The van der Waals surface area contributed by atoms with Gasteiger partial charge in [0.2, 0.25) is 5.91 Å². The average Bonchev–Trinajstić information content (AvgIpc) is 2.97. The third-order valence-corrected chi connectivity index (χ3v) is 4.73.